The molecular weight excluding hydrogens is 265 g/mol. The van der Waals surface area contributed by atoms with Gasteiger partial charge in [-0.2, -0.15) is 5.26 Å². The summed E-state index contributed by atoms with van der Waals surface area (Å²) in [6, 6.07) is 4.37. The summed E-state index contributed by atoms with van der Waals surface area (Å²) in [4.78, 5) is 9.72. The van der Waals surface area contributed by atoms with Gasteiger partial charge < -0.3 is 0 Å². The lowest BCUT2D eigenvalue weighted by atomic mass is 10.2. The van der Waals surface area contributed by atoms with Crippen LogP contribution in [0.4, 0.5) is 15.8 Å². The number of rotatable bonds is 4. The van der Waals surface area contributed by atoms with E-state index in [4.69, 9.17) is 5.26 Å². The highest BCUT2D eigenvalue weighted by Gasteiger charge is 2.26. The van der Waals surface area contributed by atoms with Crippen LogP contribution in [-0.2, 0) is 10.0 Å². The standard InChI is InChI=1S/C9H8FN3O4S/c1-6(5-11)18(16,17)12-9-7(10)3-2-4-8(9)13(14)15/h2-4,6,12H,1H3. The van der Waals surface area contributed by atoms with E-state index in [-0.39, 0.29) is 0 Å². The second-order valence-corrected chi connectivity index (χ2v) is 5.31. The maximum atomic E-state index is 13.4. The molecule has 0 saturated heterocycles. The summed E-state index contributed by atoms with van der Waals surface area (Å²) in [7, 11) is -4.20. The first-order chi connectivity index (χ1) is 8.29. The number of anilines is 1. The van der Waals surface area contributed by atoms with E-state index in [2.05, 4.69) is 0 Å². The van der Waals surface area contributed by atoms with Gasteiger partial charge in [-0.05, 0) is 13.0 Å². The Hall–Kier alpha value is -2.21. The van der Waals surface area contributed by atoms with E-state index in [1.807, 2.05) is 0 Å². The highest BCUT2D eigenvalue weighted by molar-refractivity contribution is 7.93. The largest absolute Gasteiger partial charge is 0.296 e. The van der Waals surface area contributed by atoms with Gasteiger partial charge >= 0.3 is 0 Å². The molecule has 0 aliphatic carbocycles. The number of nitrogens with zero attached hydrogens (tertiary/aromatic N) is 2. The van der Waals surface area contributed by atoms with Crippen LogP contribution in [0, 0.1) is 27.3 Å². The summed E-state index contributed by atoms with van der Waals surface area (Å²) in [5.74, 6) is -1.09. The summed E-state index contributed by atoms with van der Waals surface area (Å²) in [5.41, 5.74) is -1.49. The molecule has 0 aliphatic rings. The fraction of sp³-hybridized carbons (Fsp3) is 0.222. The first-order valence-electron chi connectivity index (χ1n) is 4.63. The maximum absolute atomic E-state index is 13.4. The lowest BCUT2D eigenvalue weighted by molar-refractivity contribution is -0.384. The van der Waals surface area contributed by atoms with Crippen molar-refractivity contribution in [3.8, 4) is 6.07 Å². The van der Waals surface area contributed by atoms with Gasteiger partial charge in [-0.15, -0.1) is 0 Å². The Labute approximate surface area is 102 Å². The number of hydrogen-bond donors (Lipinski definition) is 1. The summed E-state index contributed by atoms with van der Waals surface area (Å²) in [6.07, 6.45) is 0. The van der Waals surface area contributed by atoms with E-state index >= 15 is 0 Å². The number of nitro groups is 1. The SMILES string of the molecule is CC(C#N)S(=O)(=O)Nc1c(F)cccc1[N+](=O)[O-]. The first-order valence-corrected chi connectivity index (χ1v) is 6.18. The van der Waals surface area contributed by atoms with Crippen molar-refractivity contribution < 1.29 is 17.7 Å². The van der Waals surface area contributed by atoms with Crippen LogP contribution in [0.1, 0.15) is 6.92 Å². The first kappa shape index (κ1) is 13.9. The van der Waals surface area contributed by atoms with Gasteiger partial charge in [0.2, 0.25) is 10.0 Å². The lowest BCUT2D eigenvalue weighted by Gasteiger charge is -2.10. The number of nitriles is 1. The molecule has 18 heavy (non-hydrogen) atoms. The molecule has 9 heteroatoms. The van der Waals surface area contributed by atoms with Gasteiger partial charge in [0.1, 0.15) is 0 Å². The molecule has 0 saturated carbocycles. The van der Waals surface area contributed by atoms with Crippen LogP contribution in [0.15, 0.2) is 18.2 Å². The number of para-hydroxylation sites is 1. The Balaban J connectivity index is 3.29. The van der Waals surface area contributed by atoms with Crippen LogP contribution in [-0.4, -0.2) is 18.6 Å². The highest BCUT2D eigenvalue weighted by Crippen LogP contribution is 2.28. The third-order valence-electron chi connectivity index (χ3n) is 2.08. The average Bonchev–Trinajstić information content (AvgIpc) is 2.30. The van der Waals surface area contributed by atoms with Crippen molar-refractivity contribution in [3.63, 3.8) is 0 Å². The number of benzene rings is 1. The molecular formula is C9H8FN3O4S. The molecule has 0 radical (unpaired) electrons. The Morgan fingerprint density at radius 2 is 2.17 bits per heavy atom. The molecule has 96 valence electrons. The second-order valence-electron chi connectivity index (χ2n) is 3.31. The zero-order valence-electron chi connectivity index (χ0n) is 9.12. The Bertz CT molecular complexity index is 623. The van der Waals surface area contributed by atoms with Crippen LogP contribution in [0.25, 0.3) is 0 Å². The van der Waals surface area contributed by atoms with Crippen molar-refractivity contribution in [2.24, 2.45) is 0 Å². The molecule has 1 aromatic rings. The van der Waals surface area contributed by atoms with Crippen molar-refractivity contribution in [3.05, 3.63) is 34.1 Å². The lowest BCUT2D eigenvalue weighted by Crippen LogP contribution is -2.24. The zero-order valence-corrected chi connectivity index (χ0v) is 9.94. The summed E-state index contributed by atoms with van der Waals surface area (Å²) >= 11 is 0. The molecule has 1 aromatic carbocycles. The molecule has 0 aromatic heterocycles. The van der Waals surface area contributed by atoms with Gasteiger partial charge in [0.15, 0.2) is 16.8 Å². The van der Waals surface area contributed by atoms with E-state index in [0.29, 0.717) is 0 Å². The molecule has 0 amide bonds. The van der Waals surface area contributed by atoms with E-state index in [0.717, 1.165) is 25.1 Å². The molecule has 1 atom stereocenters. The van der Waals surface area contributed by atoms with Gasteiger partial charge in [-0.1, -0.05) is 6.07 Å². The zero-order chi connectivity index (χ0) is 13.9. The van der Waals surface area contributed by atoms with Crippen molar-refractivity contribution in [1.29, 1.82) is 5.26 Å². The predicted octanol–water partition coefficient (Wildman–Crippen LogP) is 1.39. The fourth-order valence-corrected chi connectivity index (χ4v) is 1.87. The molecule has 0 bridgehead atoms. The third kappa shape index (κ3) is 2.72. The minimum Gasteiger partial charge on any atom is -0.273 e. The van der Waals surface area contributed by atoms with Crippen molar-refractivity contribution >= 4 is 21.4 Å². The monoisotopic (exact) mass is 273 g/mol. The molecule has 0 aliphatic heterocycles. The van der Waals surface area contributed by atoms with Gasteiger partial charge in [0, 0.05) is 6.07 Å². The third-order valence-corrected chi connectivity index (χ3v) is 3.60. The predicted molar refractivity (Wildman–Crippen MR) is 60.7 cm³/mol. The van der Waals surface area contributed by atoms with Gasteiger partial charge in [0.05, 0.1) is 11.0 Å². The number of nitrogens with one attached hydrogen (secondary N) is 1. The maximum Gasteiger partial charge on any atom is 0.296 e. The van der Waals surface area contributed by atoms with Gasteiger partial charge in [-0.25, -0.2) is 12.8 Å². The molecule has 7 nitrogen and oxygen atoms in total. The fourth-order valence-electron chi connectivity index (χ4n) is 1.07. The van der Waals surface area contributed by atoms with Crippen LogP contribution in [0.5, 0.6) is 0 Å². The molecule has 1 unspecified atom stereocenters. The normalized spacial score (nSPS) is 12.5. The van der Waals surface area contributed by atoms with Crippen molar-refractivity contribution in [2.75, 3.05) is 4.72 Å². The number of halogens is 1. The Kier molecular flexibility index (Phi) is 3.82. The van der Waals surface area contributed by atoms with Crippen LogP contribution in [0.3, 0.4) is 0 Å². The smallest absolute Gasteiger partial charge is 0.273 e. The number of sulfonamides is 1. The molecule has 1 N–H and O–H groups in total. The van der Waals surface area contributed by atoms with E-state index in [1.165, 1.54) is 6.07 Å². The van der Waals surface area contributed by atoms with Crippen LogP contribution >= 0.6 is 0 Å². The minimum absolute atomic E-state index is 0.719. The number of nitro benzene ring substituents is 1. The van der Waals surface area contributed by atoms with Gasteiger partial charge in [-0.3, -0.25) is 14.8 Å². The van der Waals surface area contributed by atoms with Crippen molar-refractivity contribution in [1.82, 2.24) is 0 Å². The second kappa shape index (κ2) is 4.97. The topological polar surface area (TPSA) is 113 Å². The van der Waals surface area contributed by atoms with Crippen LogP contribution in [0.2, 0.25) is 0 Å². The molecule has 0 heterocycles. The average molecular weight is 273 g/mol. The summed E-state index contributed by atoms with van der Waals surface area (Å²) in [6.45, 7) is 1.08. The summed E-state index contributed by atoms with van der Waals surface area (Å²) < 4.78 is 38.2. The number of hydrogen-bond acceptors (Lipinski definition) is 5. The summed E-state index contributed by atoms with van der Waals surface area (Å²) in [5, 5.41) is 17.7. The van der Waals surface area contributed by atoms with Gasteiger partial charge in [0.25, 0.3) is 5.69 Å². The highest BCUT2D eigenvalue weighted by atomic mass is 32.2. The van der Waals surface area contributed by atoms with Crippen molar-refractivity contribution in [2.45, 2.75) is 12.2 Å². The Morgan fingerprint density at radius 1 is 1.56 bits per heavy atom. The molecule has 1 rings (SSSR count). The Morgan fingerprint density at radius 3 is 2.67 bits per heavy atom. The minimum atomic E-state index is -4.20. The van der Waals surface area contributed by atoms with E-state index in [9.17, 15) is 22.9 Å². The molecule has 0 spiro atoms. The quantitative estimate of drug-likeness (QED) is 0.657. The van der Waals surface area contributed by atoms with Crippen LogP contribution < -0.4 is 4.72 Å². The molecule has 0 fully saturated rings. The van der Waals surface area contributed by atoms with E-state index < -0.39 is 37.4 Å². The van der Waals surface area contributed by atoms with E-state index in [1.54, 1.807) is 4.72 Å².